The van der Waals surface area contributed by atoms with Crippen molar-refractivity contribution < 1.29 is 39.2 Å². The van der Waals surface area contributed by atoms with Gasteiger partial charge in [-0.05, 0) is 54.9 Å². The molecule has 1 aliphatic heterocycles. The van der Waals surface area contributed by atoms with Crippen LogP contribution in [-0.4, -0.2) is 94.2 Å². The first-order chi connectivity index (χ1) is 20.6. The molecule has 6 atom stereocenters. The van der Waals surface area contributed by atoms with Gasteiger partial charge in [-0.2, -0.15) is 11.8 Å². The predicted octanol–water partition coefficient (Wildman–Crippen LogP) is 2.47. The number of methoxy groups -OCH3 is 1. The predicted molar refractivity (Wildman–Crippen MR) is 166 cm³/mol. The Hall–Kier alpha value is -2.80. The smallest absolute Gasteiger partial charge is 0.338 e. The van der Waals surface area contributed by atoms with Crippen LogP contribution in [0.5, 0.6) is 0 Å². The van der Waals surface area contributed by atoms with Gasteiger partial charge in [-0.1, -0.05) is 54.6 Å². The van der Waals surface area contributed by atoms with E-state index < -0.39 is 47.9 Å². The Morgan fingerprint density at radius 3 is 2.35 bits per heavy atom. The molecular weight excluding hydrogens is 572 g/mol. The monoisotopic (exact) mass is 616 g/mol. The summed E-state index contributed by atoms with van der Waals surface area (Å²) >= 11 is 1.68. The number of Topliss-reactive ketones (excluding diaryl/α,β-unsaturated/α-hetero) is 1. The second-order valence-electron chi connectivity index (χ2n) is 10.9. The third-order valence-corrected chi connectivity index (χ3v) is 8.83. The van der Waals surface area contributed by atoms with E-state index in [2.05, 4.69) is 5.32 Å². The molecule has 3 rings (SSSR count). The molecule has 1 fully saturated rings. The highest BCUT2D eigenvalue weighted by Crippen LogP contribution is 2.37. The van der Waals surface area contributed by atoms with Crippen LogP contribution in [0.15, 0.2) is 54.6 Å². The number of esters is 1. The van der Waals surface area contributed by atoms with Gasteiger partial charge in [-0.3, -0.25) is 9.59 Å². The number of hydrogen-bond donors (Lipinski definition) is 5. The number of benzene rings is 2. The van der Waals surface area contributed by atoms with Gasteiger partial charge in [0.05, 0.1) is 25.4 Å². The number of aliphatic hydroxyl groups is 3. The Kier molecular flexibility index (Phi) is 13.6. The molecule has 0 saturated carbocycles. The van der Waals surface area contributed by atoms with Crippen LogP contribution in [0.3, 0.4) is 0 Å². The summed E-state index contributed by atoms with van der Waals surface area (Å²) in [5.41, 5.74) is 6.42. The first-order valence-electron chi connectivity index (χ1n) is 14.7. The lowest BCUT2D eigenvalue weighted by Crippen LogP contribution is -2.67. The van der Waals surface area contributed by atoms with Crippen LogP contribution in [0.4, 0.5) is 0 Å². The van der Waals surface area contributed by atoms with Gasteiger partial charge in [0.15, 0.2) is 11.4 Å². The number of ether oxygens (including phenoxy) is 2. The van der Waals surface area contributed by atoms with Crippen molar-refractivity contribution in [2.45, 2.75) is 81.5 Å². The molecule has 1 unspecified atom stereocenters. The summed E-state index contributed by atoms with van der Waals surface area (Å²) in [4.78, 5) is 37.9. The molecule has 1 saturated heterocycles. The largest absolute Gasteiger partial charge is 0.467 e. The highest BCUT2D eigenvalue weighted by molar-refractivity contribution is 7.99. The average molecular weight is 617 g/mol. The molecule has 43 heavy (non-hydrogen) atoms. The van der Waals surface area contributed by atoms with Gasteiger partial charge < -0.3 is 35.8 Å². The van der Waals surface area contributed by atoms with Gasteiger partial charge >= 0.3 is 5.97 Å². The summed E-state index contributed by atoms with van der Waals surface area (Å²) in [5, 5.41) is 35.8. The molecule has 1 heterocycles. The Bertz CT molecular complexity index is 1180. The van der Waals surface area contributed by atoms with Crippen LogP contribution in [-0.2, 0) is 19.1 Å². The number of aliphatic hydroxyl groups excluding tert-OH is 3. The molecule has 236 valence electrons. The van der Waals surface area contributed by atoms with Crippen LogP contribution in [0, 0.1) is 0 Å². The minimum absolute atomic E-state index is 0.0643. The highest BCUT2D eigenvalue weighted by atomic mass is 32.2. The fourth-order valence-corrected chi connectivity index (χ4v) is 6.30. The zero-order valence-electron chi connectivity index (χ0n) is 24.8. The molecule has 2 aromatic rings. The molecule has 2 aromatic carbocycles. The molecule has 0 bridgehead atoms. The van der Waals surface area contributed by atoms with Gasteiger partial charge in [0.2, 0.25) is 5.91 Å². The summed E-state index contributed by atoms with van der Waals surface area (Å²) in [6.45, 7) is 1.85. The van der Waals surface area contributed by atoms with Crippen LogP contribution in [0.2, 0.25) is 0 Å². The average Bonchev–Trinajstić information content (AvgIpc) is 3.02. The van der Waals surface area contributed by atoms with E-state index >= 15 is 0 Å². The minimum Gasteiger partial charge on any atom is -0.467 e. The van der Waals surface area contributed by atoms with E-state index in [9.17, 15) is 29.7 Å². The van der Waals surface area contributed by atoms with E-state index in [0.717, 1.165) is 29.1 Å². The van der Waals surface area contributed by atoms with Crippen molar-refractivity contribution in [1.82, 2.24) is 5.32 Å². The van der Waals surface area contributed by atoms with E-state index in [0.29, 0.717) is 18.5 Å². The quantitative estimate of drug-likeness (QED) is 0.107. The molecule has 11 heteroatoms. The highest BCUT2D eigenvalue weighted by Gasteiger charge is 2.54. The number of carbonyl (C=O) groups excluding carboxylic acids is 3. The lowest BCUT2D eigenvalue weighted by atomic mass is 9.81. The van der Waals surface area contributed by atoms with Gasteiger partial charge in [0, 0.05) is 25.3 Å². The number of thioether (sulfide) groups is 1. The molecule has 1 amide bonds. The first kappa shape index (κ1) is 34.7. The van der Waals surface area contributed by atoms with Crippen LogP contribution in [0.1, 0.15) is 55.8 Å². The SMILES string of the molecule is COC(=O)[C@@]1(CCCSCCCN)C[C@@H](O)[C@@H](NC(C)=O)C([C@H](O)[C@H](O)CCC(=O)c2ccc(-c3ccccc3)cc2)O1. The van der Waals surface area contributed by atoms with E-state index in [-0.39, 0.29) is 31.5 Å². The molecule has 10 nitrogen and oxygen atoms in total. The molecule has 6 N–H and O–H groups in total. The zero-order valence-corrected chi connectivity index (χ0v) is 25.6. The molecule has 0 aliphatic carbocycles. The summed E-state index contributed by atoms with van der Waals surface area (Å²) in [6.07, 6.45) is -4.37. The zero-order chi connectivity index (χ0) is 31.4. The number of ketones is 1. The third kappa shape index (κ3) is 9.59. The minimum atomic E-state index is -1.62. The molecule has 0 radical (unpaired) electrons. The third-order valence-electron chi connectivity index (χ3n) is 7.67. The lowest BCUT2D eigenvalue weighted by molar-refractivity contribution is -0.231. The Labute approximate surface area is 257 Å². The van der Waals surface area contributed by atoms with Crippen molar-refractivity contribution in [3.63, 3.8) is 0 Å². The van der Waals surface area contributed by atoms with E-state index in [1.807, 2.05) is 42.5 Å². The lowest BCUT2D eigenvalue weighted by Gasteiger charge is -2.47. The Morgan fingerprint density at radius 1 is 1.07 bits per heavy atom. The van der Waals surface area contributed by atoms with E-state index in [1.165, 1.54) is 14.0 Å². The van der Waals surface area contributed by atoms with E-state index in [4.69, 9.17) is 15.2 Å². The van der Waals surface area contributed by atoms with Crippen LogP contribution in [0.25, 0.3) is 11.1 Å². The number of hydrogen-bond acceptors (Lipinski definition) is 10. The molecule has 1 aliphatic rings. The Balaban J connectivity index is 1.70. The summed E-state index contributed by atoms with van der Waals surface area (Å²) < 4.78 is 11.2. The standard InChI is InChI=1S/C32H44N2O8S/c1-21(35)34-28-27(38)20-32(31(40)41-2,16-6-18-43-19-7-17-33)42-30(28)29(39)26(37)15-14-25(36)24-12-10-23(11-13-24)22-8-4-3-5-9-22/h3-5,8-13,26-30,37-39H,6-7,14-20,33H2,1-2H3,(H,34,35)/t26-,27-,28-,29-,30?,32-/m1/s1. The molecule has 0 spiro atoms. The second kappa shape index (κ2) is 16.9. The van der Waals surface area contributed by atoms with Gasteiger partial charge in [0.1, 0.15) is 12.2 Å². The second-order valence-corrected chi connectivity index (χ2v) is 12.1. The van der Waals surface area contributed by atoms with E-state index in [1.54, 1.807) is 23.9 Å². The van der Waals surface area contributed by atoms with Crippen LogP contribution >= 0.6 is 11.8 Å². The summed E-state index contributed by atoms with van der Waals surface area (Å²) in [6, 6.07) is 15.8. The maximum absolute atomic E-state index is 13.0. The fourth-order valence-electron chi connectivity index (χ4n) is 5.38. The number of nitrogens with two attached hydrogens (primary N) is 1. The topological polar surface area (TPSA) is 168 Å². The number of nitrogens with one attached hydrogen (secondary N) is 1. The fraction of sp³-hybridized carbons (Fsp3) is 0.531. The maximum Gasteiger partial charge on any atom is 0.338 e. The van der Waals surface area contributed by atoms with Crippen LogP contribution < -0.4 is 11.1 Å². The van der Waals surface area contributed by atoms with Crippen molar-refractivity contribution in [2.75, 3.05) is 25.2 Å². The molecular formula is C32H44N2O8S. The summed E-state index contributed by atoms with van der Waals surface area (Å²) in [5.74, 6) is 0.192. The normalized spacial score (nSPS) is 23.3. The number of rotatable bonds is 16. The van der Waals surface area contributed by atoms with Crippen molar-refractivity contribution in [3.05, 3.63) is 60.2 Å². The van der Waals surface area contributed by atoms with Crippen molar-refractivity contribution in [2.24, 2.45) is 5.73 Å². The summed E-state index contributed by atoms with van der Waals surface area (Å²) in [7, 11) is 1.22. The van der Waals surface area contributed by atoms with Gasteiger partial charge in [-0.25, -0.2) is 4.79 Å². The van der Waals surface area contributed by atoms with Crippen molar-refractivity contribution in [1.29, 1.82) is 0 Å². The first-order valence-corrected chi connectivity index (χ1v) is 15.8. The number of amides is 1. The molecule has 0 aromatic heterocycles. The van der Waals surface area contributed by atoms with Gasteiger partial charge in [-0.15, -0.1) is 0 Å². The number of carbonyl (C=O) groups is 3. The van der Waals surface area contributed by atoms with Gasteiger partial charge in [0.25, 0.3) is 0 Å². The van der Waals surface area contributed by atoms with Crippen molar-refractivity contribution >= 4 is 29.4 Å². The van der Waals surface area contributed by atoms with Crippen molar-refractivity contribution in [3.8, 4) is 11.1 Å². The maximum atomic E-state index is 13.0. The Morgan fingerprint density at radius 2 is 1.72 bits per heavy atom.